The van der Waals surface area contributed by atoms with E-state index in [2.05, 4.69) is 70.2 Å². The second kappa shape index (κ2) is 6.47. The normalized spacial score (nSPS) is 11.6. The molecular weight excluding hydrogens is 303 g/mol. The molecule has 0 aliphatic heterocycles. The van der Waals surface area contributed by atoms with Gasteiger partial charge in [0.2, 0.25) is 0 Å². The Bertz CT molecular complexity index is 423. The Kier molecular flexibility index (Phi) is 5.53. The number of hydrogen-bond donors (Lipinski definition) is 0. The molecule has 1 aromatic carbocycles. The fraction of sp³-hybridized carbons (Fsp3) is 0.467. The monoisotopic (exact) mass is 326 g/mol. The molecule has 1 nitrogen and oxygen atoms in total. The van der Waals surface area contributed by atoms with E-state index in [9.17, 15) is 0 Å². The predicted molar refractivity (Wildman–Crippen MR) is 82.7 cm³/mol. The number of hydrogen-bond acceptors (Lipinski definition) is 1. The second-order valence-corrected chi connectivity index (χ2v) is 12.7. The van der Waals surface area contributed by atoms with Gasteiger partial charge in [-0.1, -0.05) is 0 Å². The van der Waals surface area contributed by atoms with E-state index >= 15 is 0 Å². The molecule has 0 fully saturated rings. The molecule has 18 heavy (non-hydrogen) atoms. The van der Waals surface area contributed by atoms with Crippen LogP contribution < -0.4 is 4.46 Å². The second-order valence-electron chi connectivity index (χ2n) is 5.74. The fourth-order valence-electron chi connectivity index (χ4n) is 0.982. The summed E-state index contributed by atoms with van der Waals surface area (Å²) in [6.07, 6.45) is 2.93. The molecule has 0 radical (unpaired) electrons. The van der Waals surface area contributed by atoms with Crippen LogP contribution >= 0.6 is 0 Å². The van der Waals surface area contributed by atoms with Crippen molar-refractivity contribution >= 4 is 27.7 Å². The molecule has 0 aliphatic carbocycles. The van der Waals surface area contributed by atoms with E-state index in [4.69, 9.17) is 4.43 Å². The van der Waals surface area contributed by atoms with Crippen LogP contribution in [0.2, 0.25) is 23.5 Å². The van der Waals surface area contributed by atoms with Crippen molar-refractivity contribution in [3.63, 3.8) is 0 Å². The predicted octanol–water partition coefficient (Wildman–Crippen LogP) is 3.42. The summed E-state index contributed by atoms with van der Waals surface area (Å²) in [7, 11) is -1.70. The molecule has 0 amide bonds. The summed E-state index contributed by atoms with van der Waals surface area (Å²) >= 11 is 0.436. The summed E-state index contributed by atoms with van der Waals surface area (Å²) in [5.41, 5.74) is 0. The molecule has 0 aromatic heterocycles. The Morgan fingerprint density at radius 3 is 2.33 bits per heavy atom. The molecule has 0 unspecified atom stereocenters. The van der Waals surface area contributed by atoms with Crippen molar-refractivity contribution in [1.82, 2.24) is 0 Å². The van der Waals surface area contributed by atoms with Gasteiger partial charge in [0.05, 0.1) is 0 Å². The van der Waals surface area contributed by atoms with Gasteiger partial charge < -0.3 is 0 Å². The quantitative estimate of drug-likeness (QED) is 0.611. The first-order chi connectivity index (χ1) is 8.33. The number of rotatable bonds is 3. The maximum absolute atomic E-state index is 5.82. The number of benzene rings is 1. The average Bonchev–Trinajstić information content (AvgIpc) is 2.28. The topological polar surface area (TPSA) is 9.23 Å². The Balaban J connectivity index is 2.40. The molecule has 0 saturated heterocycles. The minimum atomic E-state index is -1.70. The van der Waals surface area contributed by atoms with Crippen LogP contribution in [0.1, 0.15) is 20.8 Å². The van der Waals surface area contributed by atoms with Crippen LogP contribution in [0, 0.1) is 12.0 Å². The zero-order valence-corrected chi connectivity index (χ0v) is 14.6. The van der Waals surface area contributed by atoms with E-state index in [0.717, 1.165) is 5.32 Å². The van der Waals surface area contributed by atoms with Crippen LogP contribution in [-0.4, -0.2) is 23.3 Å². The maximum atomic E-state index is 5.82. The Hall–Kier alpha value is -0.684. The van der Waals surface area contributed by atoms with E-state index < -0.39 is 8.32 Å². The summed E-state index contributed by atoms with van der Waals surface area (Å²) < 4.78 is 7.21. The first-order valence-corrected chi connectivity index (χ1v) is 11.1. The van der Waals surface area contributed by atoms with Crippen LogP contribution in [0.25, 0.3) is 0 Å². The molecule has 0 saturated carbocycles. The van der Waals surface area contributed by atoms with Crippen LogP contribution in [0.15, 0.2) is 30.3 Å². The molecule has 3 heteroatoms. The van der Waals surface area contributed by atoms with Crippen molar-refractivity contribution in [3.05, 3.63) is 30.3 Å². The Morgan fingerprint density at radius 1 is 1.17 bits per heavy atom. The molecular formula is C15H22OSeSi. The van der Waals surface area contributed by atoms with Crippen molar-refractivity contribution in [2.75, 3.05) is 0 Å². The standard InChI is InChI=1S/C15H22OSeSi/c1-15(2,3)18(4,5)16-12-9-13-17-14-10-7-6-8-11-14/h6-8,10-11H,13H2,1-5H3. The van der Waals surface area contributed by atoms with Gasteiger partial charge in [-0.15, -0.1) is 0 Å². The molecule has 0 heterocycles. The Morgan fingerprint density at radius 2 is 1.78 bits per heavy atom. The minimum absolute atomic E-state index is 0.228. The van der Waals surface area contributed by atoms with E-state index in [-0.39, 0.29) is 5.04 Å². The van der Waals surface area contributed by atoms with E-state index in [1.807, 2.05) is 6.07 Å². The molecule has 0 atom stereocenters. The SMILES string of the molecule is CC(C)(C)[Si](C)(C)OC#CC[Se]c1ccccc1. The van der Waals surface area contributed by atoms with Crippen LogP contribution in [0.5, 0.6) is 0 Å². The molecule has 0 aliphatic rings. The van der Waals surface area contributed by atoms with Gasteiger partial charge in [-0.2, -0.15) is 0 Å². The molecule has 0 N–H and O–H groups in total. The van der Waals surface area contributed by atoms with Gasteiger partial charge in [-0.05, 0) is 0 Å². The van der Waals surface area contributed by atoms with Gasteiger partial charge in [0.15, 0.2) is 0 Å². The summed E-state index contributed by atoms with van der Waals surface area (Å²) in [4.78, 5) is 0. The molecule has 0 spiro atoms. The summed E-state index contributed by atoms with van der Waals surface area (Å²) in [6, 6.07) is 10.5. The van der Waals surface area contributed by atoms with Crippen molar-refractivity contribution in [3.8, 4) is 12.0 Å². The van der Waals surface area contributed by atoms with Gasteiger partial charge in [0, 0.05) is 0 Å². The van der Waals surface area contributed by atoms with Gasteiger partial charge >= 0.3 is 119 Å². The van der Waals surface area contributed by atoms with E-state index in [0.29, 0.717) is 15.0 Å². The van der Waals surface area contributed by atoms with Crippen LogP contribution in [0.3, 0.4) is 0 Å². The van der Waals surface area contributed by atoms with Crippen molar-refractivity contribution in [1.29, 1.82) is 0 Å². The Labute approximate surface area is 119 Å². The van der Waals surface area contributed by atoms with Gasteiger partial charge in [0.1, 0.15) is 0 Å². The van der Waals surface area contributed by atoms with E-state index in [1.165, 1.54) is 4.46 Å². The molecule has 0 bridgehead atoms. The third kappa shape index (κ3) is 4.90. The summed E-state index contributed by atoms with van der Waals surface area (Å²) in [5, 5.41) is 1.15. The fourth-order valence-corrected chi connectivity index (χ4v) is 2.97. The summed E-state index contributed by atoms with van der Waals surface area (Å²) in [6.45, 7) is 11.1. The van der Waals surface area contributed by atoms with Gasteiger partial charge in [-0.25, -0.2) is 0 Å². The third-order valence-corrected chi connectivity index (χ3v) is 9.34. The van der Waals surface area contributed by atoms with Crippen molar-refractivity contribution in [2.24, 2.45) is 0 Å². The van der Waals surface area contributed by atoms with Crippen LogP contribution in [0.4, 0.5) is 0 Å². The third-order valence-electron chi connectivity index (χ3n) is 3.24. The zero-order valence-electron chi connectivity index (χ0n) is 11.9. The molecule has 1 rings (SSSR count). The first-order valence-electron chi connectivity index (χ1n) is 6.17. The van der Waals surface area contributed by atoms with Gasteiger partial charge in [0.25, 0.3) is 0 Å². The van der Waals surface area contributed by atoms with Crippen molar-refractivity contribution in [2.45, 2.75) is 44.2 Å². The molecule has 1 aromatic rings. The van der Waals surface area contributed by atoms with Crippen molar-refractivity contribution < 1.29 is 4.43 Å². The zero-order chi connectivity index (χ0) is 13.6. The molecule has 98 valence electrons. The van der Waals surface area contributed by atoms with Crippen LogP contribution in [-0.2, 0) is 4.43 Å². The van der Waals surface area contributed by atoms with Gasteiger partial charge in [-0.3, -0.25) is 0 Å². The summed E-state index contributed by atoms with van der Waals surface area (Å²) in [5.74, 6) is 3.15. The van der Waals surface area contributed by atoms with E-state index in [1.54, 1.807) is 0 Å². The first kappa shape index (κ1) is 15.4. The average molecular weight is 325 g/mol.